The third kappa shape index (κ3) is 17.0. The summed E-state index contributed by atoms with van der Waals surface area (Å²) in [6.45, 7) is 0.537. The zero-order chi connectivity index (χ0) is 64.7. The number of Topliss-reactive ketones (excluding diaryl/α,β-unsaturated/α-hetero) is 1. The van der Waals surface area contributed by atoms with Crippen molar-refractivity contribution in [2.75, 3.05) is 59.3 Å². The number of ether oxygens (including phenoxy) is 1. The van der Waals surface area contributed by atoms with Crippen LogP contribution in [0.5, 0.6) is 0 Å². The fourth-order valence-electron chi connectivity index (χ4n) is 9.96. The average molecular weight is 1290 g/mol. The Morgan fingerprint density at radius 1 is 0.854 bits per heavy atom. The number of aliphatic hydroxyl groups excluding tert-OH is 1. The van der Waals surface area contributed by atoms with Crippen LogP contribution in [0.25, 0.3) is 44.3 Å². The second-order valence-electron chi connectivity index (χ2n) is 21.0. The SMILES string of the molecule is CCC(Cc1cn(CC(=O)NCCNC(=O)c2ccc(-c3c4ccc(=[N+](C)C)cc-4oc4cc(N(C)C)ccc34)c(C(=O)O)c2)c2ccccc12)C(=O)CCC(=O)NCC#Cc1cn(C2CC(O)C(COP(=O)(O)OP(=O)(O)OP(=O)(O)O)O2)c(=O)[nH]c1=O. The van der Waals surface area contributed by atoms with Gasteiger partial charge in [-0.15, -0.1) is 0 Å². The molecule has 2 aliphatic heterocycles. The molecule has 3 aromatic carbocycles. The van der Waals surface area contributed by atoms with Crippen LogP contribution in [0.15, 0.2) is 105 Å². The number of aromatic nitrogens is 3. The number of anilines is 1. The Hall–Kier alpha value is -8.19. The second-order valence-corrected chi connectivity index (χ2v) is 25.4. The number of phosphoric ester groups is 1. The van der Waals surface area contributed by atoms with Crippen molar-refractivity contribution in [3.05, 3.63) is 140 Å². The quantitative estimate of drug-likeness (QED) is 0.0129. The van der Waals surface area contributed by atoms with Crippen molar-refractivity contribution < 1.29 is 89.8 Å². The third-order valence-corrected chi connectivity index (χ3v) is 18.1. The second kappa shape index (κ2) is 28.1. The lowest BCUT2D eigenvalue weighted by atomic mass is 9.89. The number of nitrogens with one attached hydrogen (secondary N) is 4. The molecule has 3 aliphatic rings. The molecule has 8 rings (SSSR count). The van der Waals surface area contributed by atoms with Crippen molar-refractivity contribution in [3.8, 4) is 34.3 Å². The van der Waals surface area contributed by atoms with Crippen LogP contribution in [0.1, 0.15) is 70.7 Å². The van der Waals surface area contributed by atoms with Crippen LogP contribution in [0.4, 0.5) is 5.69 Å². The number of para-hydroxylation sites is 1. The smallest absolute Gasteiger partial charge is 0.478 e. The van der Waals surface area contributed by atoms with E-state index in [-0.39, 0.29) is 73.8 Å². The van der Waals surface area contributed by atoms with Gasteiger partial charge >= 0.3 is 35.1 Å². The van der Waals surface area contributed by atoms with E-state index in [1.807, 2.05) is 110 Å². The molecular weight excluding hydrogens is 1230 g/mol. The molecule has 2 aromatic heterocycles. The Labute approximate surface area is 506 Å². The lowest BCUT2D eigenvalue weighted by molar-refractivity contribution is -0.127. The molecule has 6 unspecified atom stereocenters. The summed E-state index contributed by atoms with van der Waals surface area (Å²) in [7, 11) is -9.41. The van der Waals surface area contributed by atoms with Gasteiger partial charge in [-0.05, 0) is 60.4 Å². The van der Waals surface area contributed by atoms with E-state index in [2.05, 4.69) is 40.9 Å². The van der Waals surface area contributed by atoms with Crippen molar-refractivity contribution in [2.45, 2.75) is 64.0 Å². The summed E-state index contributed by atoms with van der Waals surface area (Å²) < 4.78 is 62.9. The number of ketones is 1. The number of carbonyl (C=O) groups excluding carboxylic acids is 4. The van der Waals surface area contributed by atoms with Crippen LogP contribution in [0.2, 0.25) is 0 Å². The summed E-state index contributed by atoms with van der Waals surface area (Å²) >= 11 is 0. The summed E-state index contributed by atoms with van der Waals surface area (Å²) in [6.07, 6.45) is -1.41. The number of benzene rings is 4. The Balaban J connectivity index is 0.817. The van der Waals surface area contributed by atoms with E-state index >= 15 is 0 Å². The van der Waals surface area contributed by atoms with E-state index in [0.29, 0.717) is 46.3 Å². The molecule has 1 fully saturated rings. The Morgan fingerprint density at radius 3 is 2.29 bits per heavy atom. The van der Waals surface area contributed by atoms with Gasteiger partial charge in [-0.1, -0.05) is 43.0 Å². The first kappa shape index (κ1) is 66.8. The van der Waals surface area contributed by atoms with Crippen LogP contribution in [0, 0.1) is 17.8 Å². The maximum absolute atomic E-state index is 13.6. The van der Waals surface area contributed by atoms with Gasteiger partial charge in [0.15, 0.2) is 0 Å². The van der Waals surface area contributed by atoms with Gasteiger partial charge in [-0.3, -0.25) is 38.0 Å². The number of phosphoric acid groups is 3. The van der Waals surface area contributed by atoms with Crippen molar-refractivity contribution >= 4 is 80.5 Å². The molecule has 29 nitrogen and oxygen atoms in total. The van der Waals surface area contributed by atoms with Gasteiger partial charge < -0.3 is 64.4 Å². The number of rotatable bonds is 25. The van der Waals surface area contributed by atoms with Crippen molar-refractivity contribution in [1.82, 2.24) is 34.6 Å². The highest BCUT2D eigenvalue weighted by Crippen LogP contribution is 2.66. The lowest BCUT2D eigenvalue weighted by Gasteiger charge is -2.19. The van der Waals surface area contributed by atoms with E-state index < -0.39 is 83.5 Å². The zero-order valence-electron chi connectivity index (χ0n) is 48.5. The zero-order valence-corrected chi connectivity index (χ0v) is 51.2. The molecule has 0 bridgehead atoms. The monoisotopic (exact) mass is 1290 g/mol. The van der Waals surface area contributed by atoms with Crippen LogP contribution >= 0.6 is 23.5 Å². The third-order valence-electron chi connectivity index (χ3n) is 14.3. The molecule has 89 heavy (non-hydrogen) atoms. The Morgan fingerprint density at radius 2 is 1.58 bits per heavy atom. The lowest BCUT2D eigenvalue weighted by Crippen LogP contribution is -2.36. The standard InChI is InChI=1S/C57H63N8O21P3/c1-6-33(45(66)19-20-50(68)58-21-9-10-35-30-65(57(74)61-55(35)71)52-28-46(67)49(84-52)32-82-88(78,79)86-89(80,81)85-87(75,76)77)24-36-29-64(44-12-8-7-11-39(36)44)31-51(69)59-22-23-60-54(70)34-13-16-40(43(25-34)56(72)73)53-41-17-14-37(62(2)3)26-47(41)83-48-27-38(63(4)5)15-18-42(48)53/h7-8,11-18,25-27,29-30,33,46,49,52,67H,6,19-24,28,31-32H2,1-5H3,(H8-,58,59,60,61,68,69,70,71,72,73,74,75,76,77,78,79,80,81)/p+1. The molecule has 10 N–H and O–H groups in total. The van der Waals surface area contributed by atoms with Crippen LogP contribution in [0.3, 0.4) is 0 Å². The number of carboxylic acid groups (broad SMARTS) is 1. The normalized spacial score (nSPS) is 16.6. The molecule has 5 aromatic rings. The van der Waals surface area contributed by atoms with E-state index in [4.69, 9.17) is 18.9 Å². The Bertz CT molecular complexity index is 4290. The summed E-state index contributed by atoms with van der Waals surface area (Å²) in [5.74, 6) is 2.30. The minimum Gasteiger partial charge on any atom is -0.478 e. The predicted molar refractivity (Wildman–Crippen MR) is 321 cm³/mol. The molecule has 1 saturated heterocycles. The number of aliphatic hydroxyl groups is 1. The highest BCUT2D eigenvalue weighted by atomic mass is 31.3. The Kier molecular flexibility index (Phi) is 21.1. The largest absolute Gasteiger partial charge is 0.490 e. The molecule has 0 radical (unpaired) electrons. The molecule has 3 amide bonds. The van der Waals surface area contributed by atoms with Gasteiger partial charge in [-0.2, -0.15) is 8.62 Å². The number of hydrogen-bond donors (Lipinski definition) is 10. The molecule has 0 saturated carbocycles. The van der Waals surface area contributed by atoms with Crippen LogP contribution in [-0.4, -0.2) is 140 Å². The molecule has 472 valence electrons. The molecule has 32 heteroatoms. The first-order chi connectivity index (χ1) is 42.0. The molecule has 1 aliphatic carbocycles. The number of nitrogens with zero attached hydrogens (tertiary/aromatic N) is 4. The highest BCUT2D eigenvalue weighted by Gasteiger charge is 2.43. The number of carboxylic acids is 1. The summed E-state index contributed by atoms with van der Waals surface area (Å²) in [4.78, 5) is 132. The topological polar surface area (TPSA) is 410 Å². The summed E-state index contributed by atoms with van der Waals surface area (Å²) in [5, 5.41) is 31.5. The summed E-state index contributed by atoms with van der Waals surface area (Å²) in [6, 6.07) is 23.3. The molecule has 0 spiro atoms. The minimum absolute atomic E-state index is 0.0251. The van der Waals surface area contributed by atoms with Crippen molar-refractivity contribution in [3.63, 3.8) is 0 Å². The highest BCUT2D eigenvalue weighted by molar-refractivity contribution is 7.66. The number of amides is 3. The number of carbonyl (C=O) groups is 5. The number of H-pyrrole nitrogens is 1. The van der Waals surface area contributed by atoms with E-state index in [1.54, 1.807) is 22.9 Å². The van der Waals surface area contributed by atoms with Crippen molar-refractivity contribution in [1.29, 1.82) is 0 Å². The molecular formula is C57H64N8O21P3+. The average Bonchev–Trinajstić information content (AvgIpc) is 1.45. The number of hydrogen-bond acceptors (Lipinski definition) is 17. The minimum atomic E-state index is -5.82. The fraction of sp³-hybridized carbons (Fsp3) is 0.333. The van der Waals surface area contributed by atoms with Gasteiger partial charge in [0, 0.05) is 116 Å². The number of aromatic carboxylic acids is 1. The van der Waals surface area contributed by atoms with Gasteiger partial charge in [0.05, 0.1) is 30.9 Å². The van der Waals surface area contributed by atoms with E-state index in [9.17, 15) is 67.3 Å². The maximum atomic E-state index is 13.6. The predicted octanol–water partition coefficient (Wildman–Crippen LogP) is 3.43. The molecule has 6 atom stereocenters. The number of aromatic amines is 1. The molecule has 4 heterocycles. The van der Waals surface area contributed by atoms with Crippen LogP contribution < -0.4 is 42.0 Å². The van der Waals surface area contributed by atoms with Gasteiger partial charge in [0.2, 0.25) is 17.2 Å². The van der Waals surface area contributed by atoms with Crippen molar-refractivity contribution in [2.24, 2.45) is 5.92 Å². The number of fused-ring (bicyclic) bond motifs is 3. The summed E-state index contributed by atoms with van der Waals surface area (Å²) in [5.41, 5.74) is 2.49. The first-order valence-electron chi connectivity index (χ1n) is 27.4. The van der Waals surface area contributed by atoms with Gasteiger partial charge in [0.1, 0.15) is 55.7 Å². The fourth-order valence-corrected chi connectivity index (χ4v) is 13.0. The maximum Gasteiger partial charge on any atom is 0.490 e. The van der Waals surface area contributed by atoms with E-state index in [0.717, 1.165) is 38.3 Å². The first-order valence-corrected chi connectivity index (χ1v) is 32.0. The van der Waals surface area contributed by atoms with Gasteiger partial charge in [0.25, 0.3) is 11.5 Å². The van der Waals surface area contributed by atoms with E-state index in [1.165, 1.54) is 6.07 Å². The van der Waals surface area contributed by atoms with Crippen LogP contribution in [-0.2, 0) is 58.9 Å². The van der Waals surface area contributed by atoms with Gasteiger partial charge in [-0.25, -0.2) is 27.9 Å².